The van der Waals surface area contributed by atoms with E-state index in [1.807, 2.05) is 30.3 Å². The van der Waals surface area contributed by atoms with Crippen LogP contribution in [0.2, 0.25) is 0 Å². The van der Waals surface area contributed by atoms with Crippen LogP contribution in [-0.2, 0) is 21.4 Å². The van der Waals surface area contributed by atoms with Crippen molar-refractivity contribution in [3.05, 3.63) is 59.7 Å². The molecule has 7 nitrogen and oxygen atoms in total. The van der Waals surface area contributed by atoms with Gasteiger partial charge in [0.25, 0.3) is 5.91 Å². The molecule has 8 heteroatoms. The molecule has 0 radical (unpaired) electrons. The molecule has 2 aliphatic carbocycles. The molecule has 2 aromatic carbocycles. The Balaban J connectivity index is 1.44. The van der Waals surface area contributed by atoms with Crippen molar-refractivity contribution in [3.8, 4) is 5.75 Å². The van der Waals surface area contributed by atoms with Gasteiger partial charge in [0.05, 0.1) is 13.2 Å². The number of nitrogens with one attached hydrogen (secondary N) is 1. The first-order chi connectivity index (χ1) is 17.1. The Morgan fingerprint density at radius 3 is 2.50 bits per heavy atom. The molecule has 1 saturated heterocycles. The highest BCUT2D eigenvalue weighted by molar-refractivity contribution is 7.89. The molecule has 1 heterocycles. The lowest BCUT2D eigenvalue weighted by molar-refractivity contribution is 0.0727. The minimum Gasteiger partial charge on any atom is -0.487 e. The van der Waals surface area contributed by atoms with Gasteiger partial charge in [0, 0.05) is 24.7 Å². The zero-order valence-corrected chi connectivity index (χ0v) is 22.1. The minimum absolute atomic E-state index is 0.00407. The molecule has 0 aromatic heterocycles. The molecule has 1 aliphatic heterocycles. The second-order valence-electron chi connectivity index (χ2n) is 11.3. The molecule has 0 spiro atoms. The normalized spacial score (nSPS) is 27.6. The van der Waals surface area contributed by atoms with Crippen molar-refractivity contribution in [3.63, 3.8) is 0 Å². The predicted octanol–water partition coefficient (Wildman–Crippen LogP) is 4.23. The summed E-state index contributed by atoms with van der Waals surface area (Å²) in [5.41, 5.74) is 1.34. The van der Waals surface area contributed by atoms with E-state index < -0.39 is 10.0 Å². The third-order valence-electron chi connectivity index (χ3n) is 8.58. The molecule has 3 fully saturated rings. The summed E-state index contributed by atoms with van der Waals surface area (Å²) in [4.78, 5) is 13.5. The Bertz CT molecular complexity index is 1220. The molecule has 194 valence electrons. The van der Waals surface area contributed by atoms with Gasteiger partial charge in [-0.3, -0.25) is 4.79 Å². The second kappa shape index (κ2) is 9.47. The Morgan fingerprint density at radius 2 is 1.83 bits per heavy atom. The molecule has 2 unspecified atom stereocenters. The van der Waals surface area contributed by atoms with Crippen molar-refractivity contribution in [1.82, 2.24) is 9.62 Å². The van der Waals surface area contributed by atoms with Crippen molar-refractivity contribution in [2.24, 2.45) is 16.7 Å². The standard InChI is InChI=1S/C28H36N2O5S/c1-27(2)22-11-12-28(3,18-22)26(27)29-25(31)21-9-10-23(35-19-20-7-5-4-6-8-20)24(17-21)36(32,33)30-13-15-34-16-14-30/h4-10,17,22,26H,11-16,18-19H2,1-3H3,(H,29,31)/t22-,26?,28?/m1/s1. The fourth-order valence-corrected chi connectivity index (χ4v) is 8.07. The zero-order chi connectivity index (χ0) is 25.6. The Kier molecular flexibility index (Phi) is 6.64. The van der Waals surface area contributed by atoms with Crippen LogP contribution in [0.15, 0.2) is 53.4 Å². The molecule has 1 amide bonds. The fraction of sp³-hybridized carbons (Fsp3) is 0.536. The van der Waals surface area contributed by atoms with Crippen molar-refractivity contribution >= 4 is 15.9 Å². The summed E-state index contributed by atoms with van der Waals surface area (Å²) in [5.74, 6) is 0.600. The number of ether oxygens (including phenoxy) is 2. The van der Waals surface area contributed by atoms with E-state index in [1.165, 1.54) is 16.8 Å². The van der Waals surface area contributed by atoms with E-state index in [1.54, 1.807) is 12.1 Å². The average Bonchev–Trinajstić information content (AvgIpc) is 3.37. The van der Waals surface area contributed by atoms with Crippen molar-refractivity contribution < 1.29 is 22.7 Å². The number of nitrogens with zero attached hydrogens (tertiary/aromatic N) is 1. The molecule has 3 aliphatic rings. The first kappa shape index (κ1) is 25.2. The van der Waals surface area contributed by atoms with E-state index >= 15 is 0 Å². The fourth-order valence-electron chi connectivity index (χ4n) is 6.51. The summed E-state index contributed by atoms with van der Waals surface area (Å²) < 4.78 is 40.1. The number of hydrogen-bond acceptors (Lipinski definition) is 5. The zero-order valence-electron chi connectivity index (χ0n) is 21.3. The van der Waals surface area contributed by atoms with Crippen molar-refractivity contribution in [1.29, 1.82) is 0 Å². The van der Waals surface area contributed by atoms with Gasteiger partial charge >= 0.3 is 0 Å². The van der Waals surface area contributed by atoms with Crippen LogP contribution in [0.3, 0.4) is 0 Å². The molecule has 3 atom stereocenters. The monoisotopic (exact) mass is 512 g/mol. The number of hydrogen-bond donors (Lipinski definition) is 1. The summed E-state index contributed by atoms with van der Waals surface area (Å²) in [6, 6.07) is 14.4. The lowest BCUT2D eigenvalue weighted by Gasteiger charge is -2.43. The summed E-state index contributed by atoms with van der Waals surface area (Å²) >= 11 is 0. The van der Waals surface area contributed by atoms with Gasteiger partial charge in [0.2, 0.25) is 10.0 Å². The largest absolute Gasteiger partial charge is 0.487 e. The number of morpholine rings is 1. The van der Waals surface area contributed by atoms with Crippen LogP contribution >= 0.6 is 0 Å². The first-order valence-electron chi connectivity index (χ1n) is 12.8. The minimum atomic E-state index is -3.88. The van der Waals surface area contributed by atoms with Gasteiger partial charge in [-0.05, 0) is 59.8 Å². The first-order valence-corrected chi connectivity index (χ1v) is 14.2. The summed E-state index contributed by atoms with van der Waals surface area (Å²) in [5, 5.41) is 3.28. The molecular weight excluding hydrogens is 476 g/mol. The molecule has 36 heavy (non-hydrogen) atoms. The number of fused-ring (bicyclic) bond motifs is 2. The number of carbonyl (C=O) groups is 1. The molecule has 2 bridgehead atoms. The number of sulfonamides is 1. The molecule has 2 saturated carbocycles. The van der Waals surface area contributed by atoms with Crippen LogP contribution in [0.25, 0.3) is 0 Å². The van der Waals surface area contributed by atoms with Gasteiger partial charge in [-0.15, -0.1) is 0 Å². The summed E-state index contributed by atoms with van der Waals surface area (Å²) in [6.45, 7) is 8.20. The highest BCUT2D eigenvalue weighted by Gasteiger charge is 2.59. The van der Waals surface area contributed by atoms with Crippen LogP contribution < -0.4 is 10.1 Å². The van der Waals surface area contributed by atoms with E-state index in [-0.39, 0.29) is 53.1 Å². The Hall–Kier alpha value is -2.42. The molecular formula is C28H36N2O5S. The SMILES string of the molecule is CC12CC[C@H](C1)C(C)(C)C2NC(=O)c1ccc(OCc2ccccc2)c(S(=O)(=O)N2CCOCC2)c1. The van der Waals surface area contributed by atoms with E-state index in [2.05, 4.69) is 26.1 Å². The number of amides is 1. The van der Waals surface area contributed by atoms with Gasteiger partial charge in [-0.25, -0.2) is 8.42 Å². The maximum atomic E-state index is 13.7. The van der Waals surface area contributed by atoms with Gasteiger partial charge in [0.1, 0.15) is 17.3 Å². The Labute approximate surface area is 214 Å². The van der Waals surface area contributed by atoms with Gasteiger partial charge in [-0.2, -0.15) is 4.31 Å². The van der Waals surface area contributed by atoms with Crippen LogP contribution in [0, 0.1) is 16.7 Å². The van der Waals surface area contributed by atoms with E-state index in [4.69, 9.17) is 9.47 Å². The second-order valence-corrected chi connectivity index (χ2v) is 13.2. The lowest BCUT2D eigenvalue weighted by Crippen LogP contribution is -2.52. The Morgan fingerprint density at radius 1 is 1.11 bits per heavy atom. The summed E-state index contributed by atoms with van der Waals surface area (Å²) in [6.07, 6.45) is 3.42. The highest BCUT2D eigenvalue weighted by Crippen LogP contribution is 2.62. The van der Waals surface area contributed by atoms with Crippen molar-refractivity contribution in [2.75, 3.05) is 26.3 Å². The third kappa shape index (κ3) is 4.55. The van der Waals surface area contributed by atoms with Crippen LogP contribution in [0.1, 0.15) is 56.0 Å². The van der Waals surface area contributed by atoms with E-state index in [0.29, 0.717) is 24.7 Å². The lowest BCUT2D eigenvalue weighted by atomic mass is 9.68. The molecule has 2 aromatic rings. The van der Waals surface area contributed by atoms with Gasteiger partial charge < -0.3 is 14.8 Å². The van der Waals surface area contributed by atoms with Crippen LogP contribution in [0.5, 0.6) is 5.75 Å². The summed E-state index contributed by atoms with van der Waals surface area (Å²) in [7, 11) is -3.88. The van der Waals surface area contributed by atoms with E-state index in [9.17, 15) is 13.2 Å². The molecule has 5 rings (SSSR count). The average molecular weight is 513 g/mol. The quantitative estimate of drug-likeness (QED) is 0.600. The maximum absolute atomic E-state index is 13.7. The van der Waals surface area contributed by atoms with Crippen molar-refractivity contribution in [2.45, 2.75) is 57.6 Å². The van der Waals surface area contributed by atoms with Crippen LogP contribution in [-0.4, -0.2) is 51.0 Å². The number of carbonyl (C=O) groups excluding carboxylic acids is 1. The van der Waals surface area contributed by atoms with Gasteiger partial charge in [0.15, 0.2) is 0 Å². The highest BCUT2D eigenvalue weighted by atomic mass is 32.2. The third-order valence-corrected chi connectivity index (χ3v) is 10.5. The molecule has 1 N–H and O–H groups in total. The van der Waals surface area contributed by atoms with Crippen LogP contribution in [0.4, 0.5) is 0 Å². The maximum Gasteiger partial charge on any atom is 0.251 e. The predicted molar refractivity (Wildman–Crippen MR) is 137 cm³/mol. The number of rotatable bonds is 7. The number of benzene rings is 2. The smallest absolute Gasteiger partial charge is 0.251 e. The van der Waals surface area contributed by atoms with E-state index in [0.717, 1.165) is 18.4 Å². The topological polar surface area (TPSA) is 84.9 Å². The van der Waals surface area contributed by atoms with Gasteiger partial charge in [-0.1, -0.05) is 51.1 Å².